The summed E-state index contributed by atoms with van der Waals surface area (Å²) < 4.78 is 28.5. The van der Waals surface area contributed by atoms with Crippen LogP contribution in [0.2, 0.25) is 0 Å². The highest BCUT2D eigenvalue weighted by Crippen LogP contribution is 2.16. The molecule has 27 heavy (non-hydrogen) atoms. The SMILES string of the molecule is CCOCc1ccccc1CNC(=O)NC(C)c1ccc(S(C)(=O)=O)cc1. The predicted molar refractivity (Wildman–Crippen MR) is 105 cm³/mol. The van der Waals surface area contributed by atoms with Crippen LogP contribution in [-0.2, 0) is 27.7 Å². The van der Waals surface area contributed by atoms with Crippen LogP contribution in [0.4, 0.5) is 4.79 Å². The van der Waals surface area contributed by atoms with Crippen molar-refractivity contribution in [2.75, 3.05) is 12.9 Å². The quantitative estimate of drug-likeness (QED) is 0.725. The van der Waals surface area contributed by atoms with E-state index < -0.39 is 9.84 Å². The maximum atomic E-state index is 12.2. The minimum Gasteiger partial charge on any atom is -0.377 e. The molecular weight excluding hydrogens is 364 g/mol. The summed E-state index contributed by atoms with van der Waals surface area (Å²) in [6, 6.07) is 13.8. The molecular formula is C20H26N2O4S. The highest BCUT2D eigenvalue weighted by atomic mass is 32.2. The maximum Gasteiger partial charge on any atom is 0.315 e. The summed E-state index contributed by atoms with van der Waals surface area (Å²) in [5, 5.41) is 5.71. The number of sulfone groups is 1. The van der Waals surface area contributed by atoms with Gasteiger partial charge in [0.25, 0.3) is 0 Å². The molecule has 2 aromatic rings. The van der Waals surface area contributed by atoms with Crippen molar-refractivity contribution in [3.05, 3.63) is 65.2 Å². The third-order valence-electron chi connectivity index (χ3n) is 4.18. The second-order valence-corrected chi connectivity index (χ2v) is 8.31. The lowest BCUT2D eigenvalue weighted by molar-refractivity contribution is 0.133. The average Bonchev–Trinajstić information content (AvgIpc) is 2.64. The van der Waals surface area contributed by atoms with E-state index in [1.807, 2.05) is 38.1 Å². The van der Waals surface area contributed by atoms with Crippen LogP contribution < -0.4 is 10.6 Å². The number of hydrogen-bond donors (Lipinski definition) is 2. The summed E-state index contributed by atoms with van der Waals surface area (Å²) >= 11 is 0. The molecule has 0 aliphatic carbocycles. The topological polar surface area (TPSA) is 84.5 Å². The molecule has 1 atom stereocenters. The Hall–Kier alpha value is -2.38. The molecule has 0 radical (unpaired) electrons. The summed E-state index contributed by atoms with van der Waals surface area (Å²) in [4.78, 5) is 12.5. The van der Waals surface area contributed by atoms with Gasteiger partial charge in [-0.1, -0.05) is 36.4 Å². The van der Waals surface area contributed by atoms with Crippen molar-refractivity contribution >= 4 is 15.9 Å². The minimum absolute atomic E-state index is 0.253. The van der Waals surface area contributed by atoms with E-state index in [4.69, 9.17) is 4.74 Å². The number of carbonyl (C=O) groups excluding carboxylic acids is 1. The van der Waals surface area contributed by atoms with E-state index in [1.54, 1.807) is 24.3 Å². The molecule has 2 N–H and O–H groups in total. The van der Waals surface area contributed by atoms with Gasteiger partial charge in [-0.15, -0.1) is 0 Å². The first kappa shape index (κ1) is 20.9. The Morgan fingerprint density at radius 2 is 1.70 bits per heavy atom. The summed E-state index contributed by atoms with van der Waals surface area (Å²) in [6.45, 7) is 5.34. The van der Waals surface area contributed by atoms with E-state index in [0.29, 0.717) is 19.8 Å². The number of urea groups is 1. The first-order chi connectivity index (χ1) is 12.8. The molecule has 1 unspecified atom stereocenters. The molecule has 7 heteroatoms. The molecule has 146 valence electrons. The van der Waals surface area contributed by atoms with Crippen molar-refractivity contribution in [1.82, 2.24) is 10.6 Å². The third kappa shape index (κ3) is 6.37. The fourth-order valence-electron chi connectivity index (χ4n) is 2.59. The molecule has 2 aromatic carbocycles. The second kappa shape index (κ2) is 9.53. The van der Waals surface area contributed by atoms with Crippen LogP contribution in [-0.4, -0.2) is 27.3 Å². The van der Waals surface area contributed by atoms with Gasteiger partial charge >= 0.3 is 6.03 Å². The Morgan fingerprint density at radius 3 is 2.30 bits per heavy atom. The van der Waals surface area contributed by atoms with Gasteiger partial charge in [0.2, 0.25) is 0 Å². The van der Waals surface area contributed by atoms with Crippen LogP contribution >= 0.6 is 0 Å². The number of amides is 2. The Morgan fingerprint density at radius 1 is 1.07 bits per heavy atom. The molecule has 0 aromatic heterocycles. The molecule has 0 heterocycles. The first-order valence-corrected chi connectivity index (χ1v) is 10.7. The molecule has 6 nitrogen and oxygen atoms in total. The number of hydrogen-bond acceptors (Lipinski definition) is 4. The molecule has 2 rings (SSSR count). The van der Waals surface area contributed by atoms with Gasteiger partial charge in [-0.3, -0.25) is 0 Å². The molecule has 0 bridgehead atoms. The maximum absolute atomic E-state index is 12.2. The second-order valence-electron chi connectivity index (χ2n) is 6.30. The number of nitrogens with one attached hydrogen (secondary N) is 2. The molecule has 0 spiro atoms. The van der Waals surface area contributed by atoms with E-state index in [2.05, 4.69) is 10.6 Å². The van der Waals surface area contributed by atoms with Crippen molar-refractivity contribution < 1.29 is 17.9 Å². The number of rotatable bonds is 8. The Bertz CT molecular complexity index is 864. The van der Waals surface area contributed by atoms with Gasteiger partial charge in [-0.2, -0.15) is 0 Å². The Kier molecular flexibility index (Phi) is 7.38. The van der Waals surface area contributed by atoms with Crippen LogP contribution in [0.5, 0.6) is 0 Å². The normalized spacial score (nSPS) is 12.4. The Labute approximate surface area is 160 Å². The van der Waals surface area contributed by atoms with Crippen LogP contribution in [0.25, 0.3) is 0 Å². The van der Waals surface area contributed by atoms with Crippen molar-refractivity contribution in [3.8, 4) is 0 Å². The van der Waals surface area contributed by atoms with Crippen LogP contribution in [0, 0.1) is 0 Å². The summed E-state index contributed by atoms with van der Waals surface area (Å²) in [5.41, 5.74) is 2.88. The van der Waals surface area contributed by atoms with Gasteiger partial charge in [-0.05, 0) is 42.7 Å². The molecule has 0 saturated carbocycles. The molecule has 2 amide bonds. The zero-order valence-corrected chi connectivity index (χ0v) is 16.7. The zero-order valence-electron chi connectivity index (χ0n) is 15.9. The van der Waals surface area contributed by atoms with E-state index in [1.165, 1.54) is 6.26 Å². The predicted octanol–water partition coefficient (Wildman–Crippen LogP) is 3.19. The Balaban J connectivity index is 1.92. The van der Waals surface area contributed by atoms with Crippen molar-refractivity contribution in [1.29, 1.82) is 0 Å². The fraction of sp³-hybridized carbons (Fsp3) is 0.350. The monoisotopic (exact) mass is 390 g/mol. The van der Waals surface area contributed by atoms with Crippen LogP contribution in [0.3, 0.4) is 0 Å². The van der Waals surface area contributed by atoms with E-state index in [9.17, 15) is 13.2 Å². The van der Waals surface area contributed by atoms with Gasteiger partial charge < -0.3 is 15.4 Å². The molecule has 0 aliphatic rings. The molecule has 0 saturated heterocycles. The van der Waals surface area contributed by atoms with Crippen molar-refractivity contribution in [2.24, 2.45) is 0 Å². The fourth-order valence-corrected chi connectivity index (χ4v) is 3.22. The number of carbonyl (C=O) groups is 1. The smallest absolute Gasteiger partial charge is 0.315 e. The van der Waals surface area contributed by atoms with Crippen molar-refractivity contribution in [3.63, 3.8) is 0 Å². The van der Waals surface area contributed by atoms with Crippen molar-refractivity contribution in [2.45, 2.75) is 37.9 Å². The van der Waals surface area contributed by atoms with E-state index >= 15 is 0 Å². The van der Waals surface area contributed by atoms with E-state index in [0.717, 1.165) is 16.7 Å². The van der Waals surface area contributed by atoms with Crippen LogP contribution in [0.15, 0.2) is 53.4 Å². The summed E-state index contributed by atoms with van der Waals surface area (Å²) in [5.74, 6) is 0. The standard InChI is InChI=1S/C20H26N2O4S/c1-4-26-14-18-8-6-5-7-17(18)13-21-20(23)22-15(2)16-9-11-19(12-10-16)27(3,24)25/h5-12,15H,4,13-14H2,1-3H3,(H2,21,22,23). The third-order valence-corrected chi connectivity index (χ3v) is 5.30. The van der Waals surface area contributed by atoms with Gasteiger partial charge in [0, 0.05) is 19.4 Å². The minimum atomic E-state index is -3.23. The van der Waals surface area contributed by atoms with Gasteiger partial charge in [0.05, 0.1) is 17.5 Å². The molecule has 0 fully saturated rings. The lowest BCUT2D eigenvalue weighted by Crippen LogP contribution is -2.36. The highest BCUT2D eigenvalue weighted by molar-refractivity contribution is 7.90. The lowest BCUT2D eigenvalue weighted by Gasteiger charge is -2.16. The van der Waals surface area contributed by atoms with Crippen LogP contribution in [0.1, 0.15) is 36.6 Å². The largest absolute Gasteiger partial charge is 0.377 e. The number of benzene rings is 2. The van der Waals surface area contributed by atoms with Gasteiger partial charge in [0.1, 0.15) is 0 Å². The average molecular weight is 391 g/mol. The summed E-state index contributed by atoms with van der Waals surface area (Å²) in [7, 11) is -3.23. The lowest BCUT2D eigenvalue weighted by atomic mass is 10.1. The molecule has 0 aliphatic heterocycles. The summed E-state index contributed by atoms with van der Waals surface area (Å²) in [6.07, 6.45) is 1.17. The zero-order chi connectivity index (χ0) is 19.9. The van der Waals surface area contributed by atoms with E-state index in [-0.39, 0.29) is 17.0 Å². The van der Waals surface area contributed by atoms with Gasteiger partial charge in [0.15, 0.2) is 9.84 Å². The van der Waals surface area contributed by atoms with Gasteiger partial charge in [-0.25, -0.2) is 13.2 Å². The highest BCUT2D eigenvalue weighted by Gasteiger charge is 2.12. The first-order valence-electron chi connectivity index (χ1n) is 8.80. The number of ether oxygens (including phenoxy) is 1.